The van der Waals surface area contributed by atoms with E-state index in [0.717, 1.165) is 63.1 Å². The molecule has 0 radical (unpaired) electrons. The number of fused-ring (bicyclic) bond motifs is 1. The van der Waals surface area contributed by atoms with Gasteiger partial charge in [-0.25, -0.2) is 9.97 Å². The molecule has 5 rings (SSSR count). The number of pyridine rings is 1. The number of allylic oxidation sites excluding steroid dienone is 5. The summed E-state index contributed by atoms with van der Waals surface area (Å²) in [5.74, 6) is -5.56. The maximum atomic E-state index is 14.7. The van der Waals surface area contributed by atoms with Crippen LogP contribution in [0.4, 0.5) is 22.0 Å². The van der Waals surface area contributed by atoms with E-state index in [1.54, 1.807) is 38.2 Å². The fraction of sp³-hybridized carbons (Fsp3) is 0.586. The second-order valence-corrected chi connectivity index (χ2v) is 11.0. The molecule has 1 unspecified atom stereocenters. The zero-order chi connectivity index (χ0) is 28.5. The van der Waals surface area contributed by atoms with E-state index >= 15 is 0 Å². The van der Waals surface area contributed by atoms with Crippen molar-refractivity contribution in [3.8, 4) is 0 Å². The summed E-state index contributed by atoms with van der Waals surface area (Å²) in [6, 6.07) is 1.46. The first-order valence-corrected chi connectivity index (χ1v) is 13.9. The molecule has 2 aromatic rings. The quantitative estimate of drug-likeness (QED) is 0.346. The molecule has 0 aromatic carbocycles. The number of imidazole rings is 1. The molecule has 2 saturated heterocycles. The Morgan fingerprint density at radius 1 is 1.07 bits per heavy atom. The number of likely N-dealkylation sites (tertiary alicyclic amines) is 1. The van der Waals surface area contributed by atoms with Crippen LogP contribution < -0.4 is 0 Å². The summed E-state index contributed by atoms with van der Waals surface area (Å²) < 4.78 is 82.5. The lowest BCUT2D eigenvalue weighted by atomic mass is 9.96. The van der Waals surface area contributed by atoms with Crippen LogP contribution in [0.1, 0.15) is 57.3 Å². The van der Waals surface area contributed by atoms with Crippen LogP contribution in [0.5, 0.6) is 0 Å². The Bertz CT molecular complexity index is 1290. The lowest BCUT2D eigenvalue weighted by Gasteiger charge is -2.36. The molecule has 0 amide bonds. The third kappa shape index (κ3) is 5.95. The van der Waals surface area contributed by atoms with Gasteiger partial charge in [0, 0.05) is 57.1 Å². The van der Waals surface area contributed by atoms with Crippen LogP contribution in [0, 0.1) is 11.8 Å². The number of nitrogens with zero attached hydrogens (tertiary/aromatic N) is 4. The number of hydrogen-bond donors (Lipinski definition) is 0. The van der Waals surface area contributed by atoms with E-state index in [9.17, 15) is 22.0 Å². The van der Waals surface area contributed by atoms with Gasteiger partial charge in [0.25, 0.3) is 0 Å². The van der Waals surface area contributed by atoms with Crippen LogP contribution in [0.15, 0.2) is 36.3 Å². The predicted molar refractivity (Wildman–Crippen MR) is 142 cm³/mol. The fourth-order valence-corrected chi connectivity index (χ4v) is 5.76. The van der Waals surface area contributed by atoms with Crippen LogP contribution >= 0.6 is 0 Å². The number of aromatic nitrogens is 3. The van der Waals surface area contributed by atoms with E-state index in [0.29, 0.717) is 23.7 Å². The summed E-state index contributed by atoms with van der Waals surface area (Å²) in [6.45, 7) is 8.20. The van der Waals surface area contributed by atoms with E-state index < -0.39 is 23.8 Å². The Hall–Kier alpha value is -2.79. The van der Waals surface area contributed by atoms with Crippen molar-refractivity contribution in [2.24, 2.45) is 11.8 Å². The first-order chi connectivity index (χ1) is 19.1. The highest BCUT2D eigenvalue weighted by atomic mass is 19.4. The molecule has 0 spiro atoms. The molecule has 3 aliphatic rings. The molecule has 0 bridgehead atoms. The van der Waals surface area contributed by atoms with Crippen molar-refractivity contribution in [3.63, 3.8) is 0 Å². The minimum Gasteiger partial charge on any atom is -0.495 e. The number of rotatable bonds is 7. The molecule has 4 heterocycles. The third-order valence-corrected chi connectivity index (χ3v) is 7.93. The van der Waals surface area contributed by atoms with Crippen molar-refractivity contribution < 1.29 is 31.4 Å². The summed E-state index contributed by atoms with van der Waals surface area (Å²) in [6.07, 6.45) is 6.67. The van der Waals surface area contributed by atoms with Crippen LogP contribution in [0.25, 0.3) is 22.9 Å². The van der Waals surface area contributed by atoms with Gasteiger partial charge < -0.3 is 14.4 Å². The Kier molecular flexibility index (Phi) is 8.33. The van der Waals surface area contributed by atoms with Crippen LogP contribution in [0.3, 0.4) is 0 Å². The maximum absolute atomic E-state index is 14.7. The van der Waals surface area contributed by atoms with Crippen LogP contribution in [-0.2, 0) is 15.4 Å². The highest BCUT2D eigenvalue weighted by Crippen LogP contribution is 2.46. The minimum atomic E-state index is -5.81. The first kappa shape index (κ1) is 28.7. The Balaban J connectivity index is 1.35. The van der Waals surface area contributed by atoms with Crippen LogP contribution in [-0.4, -0.2) is 64.6 Å². The van der Waals surface area contributed by atoms with Crippen LogP contribution in [0.2, 0.25) is 0 Å². The maximum Gasteiger partial charge on any atom is 0.461 e. The molecule has 6 nitrogen and oxygen atoms in total. The van der Waals surface area contributed by atoms with Gasteiger partial charge in [-0.05, 0) is 62.3 Å². The van der Waals surface area contributed by atoms with Gasteiger partial charge >= 0.3 is 12.1 Å². The Morgan fingerprint density at radius 3 is 2.45 bits per heavy atom. The predicted octanol–water partition coefficient (Wildman–Crippen LogP) is 6.79. The molecule has 11 heteroatoms. The average Bonchev–Trinajstić information content (AvgIpc) is 3.29. The zero-order valence-corrected chi connectivity index (χ0v) is 22.8. The van der Waals surface area contributed by atoms with Crippen molar-refractivity contribution in [2.45, 2.75) is 64.2 Å². The molecule has 40 heavy (non-hydrogen) atoms. The molecule has 2 aliphatic heterocycles. The average molecular weight is 567 g/mol. The molecular formula is C29H35F5N4O2. The van der Waals surface area contributed by atoms with E-state index in [1.807, 2.05) is 0 Å². The van der Waals surface area contributed by atoms with Crippen molar-refractivity contribution in [1.29, 1.82) is 0 Å². The number of piperidine rings is 1. The number of halogens is 5. The van der Waals surface area contributed by atoms with Gasteiger partial charge in [0.15, 0.2) is 11.5 Å². The minimum absolute atomic E-state index is 0.0267. The molecule has 1 aliphatic carbocycles. The Labute approximate surface area is 230 Å². The SMILES string of the molecule is C/C=C/c1cnc2c(c1)nc(C(F)(F)C(F)(F)F)n2C1=CC=C(OC2CCN(CC3CCOCC3)CC2)CC1C. The monoisotopic (exact) mass is 566 g/mol. The molecule has 218 valence electrons. The lowest BCUT2D eigenvalue weighted by molar-refractivity contribution is -0.292. The van der Waals surface area contributed by atoms with Gasteiger partial charge in [-0.2, -0.15) is 22.0 Å². The third-order valence-electron chi connectivity index (χ3n) is 7.93. The summed E-state index contributed by atoms with van der Waals surface area (Å²) in [4.78, 5) is 10.5. The first-order valence-electron chi connectivity index (χ1n) is 13.9. The van der Waals surface area contributed by atoms with E-state index in [4.69, 9.17) is 9.47 Å². The number of ether oxygens (including phenoxy) is 2. The van der Waals surface area contributed by atoms with Crippen molar-refractivity contribution in [2.75, 3.05) is 32.8 Å². The van der Waals surface area contributed by atoms with E-state index in [1.165, 1.54) is 12.3 Å². The normalized spacial score (nSPS) is 22.6. The second-order valence-electron chi connectivity index (χ2n) is 11.0. The smallest absolute Gasteiger partial charge is 0.461 e. The summed E-state index contributed by atoms with van der Waals surface area (Å²) in [5, 5.41) is 0. The van der Waals surface area contributed by atoms with Crippen molar-refractivity contribution in [1.82, 2.24) is 19.4 Å². The summed E-state index contributed by atoms with van der Waals surface area (Å²) in [7, 11) is 0. The van der Waals surface area contributed by atoms with E-state index in [2.05, 4.69) is 14.9 Å². The van der Waals surface area contributed by atoms with Gasteiger partial charge in [-0.1, -0.05) is 19.1 Å². The zero-order valence-electron chi connectivity index (χ0n) is 22.8. The molecule has 0 N–H and O–H groups in total. The number of alkyl halides is 5. The largest absolute Gasteiger partial charge is 0.495 e. The molecular weight excluding hydrogens is 531 g/mol. The highest BCUT2D eigenvalue weighted by Gasteiger charge is 2.62. The molecule has 2 fully saturated rings. The van der Waals surface area contributed by atoms with Crippen molar-refractivity contribution >= 4 is 22.9 Å². The van der Waals surface area contributed by atoms with Gasteiger partial charge in [0.2, 0.25) is 0 Å². The standard InChI is InChI=1S/C29H35F5N4O2/c1-3-4-21-16-24-26(35-17-21)38(27(36-24)28(30,31)29(32,33)34)25-6-5-23(15-19(25)2)40-22-7-11-37(12-8-22)18-20-9-13-39-14-10-20/h3-6,16-17,19-20,22H,7-15,18H2,1-2H3/b4-3+. The molecule has 1 atom stereocenters. The highest BCUT2D eigenvalue weighted by molar-refractivity contribution is 5.79. The summed E-state index contributed by atoms with van der Waals surface area (Å²) >= 11 is 0. The van der Waals surface area contributed by atoms with Crippen molar-refractivity contribution in [3.05, 3.63) is 47.6 Å². The van der Waals surface area contributed by atoms with E-state index in [-0.39, 0.29) is 23.0 Å². The molecule has 0 saturated carbocycles. The summed E-state index contributed by atoms with van der Waals surface area (Å²) in [5.41, 5.74) is 0.758. The van der Waals surface area contributed by atoms with Gasteiger partial charge in [0.1, 0.15) is 11.6 Å². The molecule has 2 aromatic heterocycles. The van der Waals surface area contributed by atoms with Gasteiger partial charge in [-0.3, -0.25) is 4.57 Å². The fourth-order valence-electron chi connectivity index (χ4n) is 5.76. The van der Waals surface area contributed by atoms with Gasteiger partial charge in [-0.15, -0.1) is 0 Å². The second kappa shape index (κ2) is 11.6. The van der Waals surface area contributed by atoms with Gasteiger partial charge in [0.05, 0.1) is 5.76 Å². The lowest BCUT2D eigenvalue weighted by Crippen LogP contribution is -2.40. The number of hydrogen-bond acceptors (Lipinski definition) is 5. The topological polar surface area (TPSA) is 52.4 Å². The Morgan fingerprint density at radius 2 is 1.80 bits per heavy atom.